The van der Waals surface area contributed by atoms with Crippen molar-refractivity contribution < 1.29 is 18.4 Å². The number of amides is 2. The number of fused-ring (bicyclic) bond motifs is 1. The average Bonchev–Trinajstić information content (AvgIpc) is 3.32. The van der Waals surface area contributed by atoms with E-state index >= 15 is 0 Å². The summed E-state index contributed by atoms with van der Waals surface area (Å²) in [5.41, 5.74) is 9.08. The standard InChI is InChI=1S/C22H19F2N3O2S/c1-12-20(30-11-26-12)22(29)27(19(21(25)28)13-5-3-2-4-6-13)18-8-7-15-16(18)9-14(23)10-17(15)24/h2-6,9-11,18-19H,7-8H2,1H3,(H2,25,28)/t18-,19-/m1/s1. The molecule has 1 heterocycles. The Morgan fingerprint density at radius 3 is 2.60 bits per heavy atom. The number of primary amides is 1. The van der Waals surface area contributed by atoms with Crippen LogP contribution in [0.5, 0.6) is 0 Å². The molecule has 0 spiro atoms. The summed E-state index contributed by atoms with van der Waals surface area (Å²) in [6, 6.07) is 8.97. The minimum absolute atomic E-state index is 0.331. The molecule has 1 aliphatic carbocycles. The lowest BCUT2D eigenvalue weighted by Crippen LogP contribution is -2.43. The first-order valence-electron chi connectivity index (χ1n) is 9.43. The van der Waals surface area contributed by atoms with Gasteiger partial charge in [0, 0.05) is 6.07 Å². The molecule has 2 amide bonds. The molecule has 0 bridgehead atoms. The van der Waals surface area contributed by atoms with Gasteiger partial charge in [-0.25, -0.2) is 13.8 Å². The van der Waals surface area contributed by atoms with Crippen LogP contribution in [0.1, 0.15) is 50.6 Å². The van der Waals surface area contributed by atoms with Gasteiger partial charge in [-0.1, -0.05) is 30.3 Å². The highest BCUT2D eigenvalue weighted by atomic mass is 32.1. The summed E-state index contributed by atoms with van der Waals surface area (Å²) in [5, 5.41) is 0. The van der Waals surface area contributed by atoms with Crippen molar-refractivity contribution in [3.63, 3.8) is 0 Å². The number of nitrogens with two attached hydrogens (primary N) is 1. The molecule has 30 heavy (non-hydrogen) atoms. The first kappa shape index (κ1) is 20.2. The van der Waals surface area contributed by atoms with E-state index in [4.69, 9.17) is 5.73 Å². The zero-order valence-electron chi connectivity index (χ0n) is 16.1. The number of carbonyl (C=O) groups excluding carboxylic acids is 2. The van der Waals surface area contributed by atoms with Gasteiger partial charge < -0.3 is 10.6 Å². The maximum absolute atomic E-state index is 14.4. The predicted molar refractivity (Wildman–Crippen MR) is 109 cm³/mol. The van der Waals surface area contributed by atoms with Crippen LogP contribution >= 0.6 is 11.3 Å². The van der Waals surface area contributed by atoms with Crippen LogP contribution in [0.15, 0.2) is 48.0 Å². The third-order valence-electron chi connectivity index (χ3n) is 5.39. The molecule has 0 saturated carbocycles. The summed E-state index contributed by atoms with van der Waals surface area (Å²) >= 11 is 1.15. The SMILES string of the molecule is Cc1ncsc1C(=O)N([C@@H]1CCc2c(F)cc(F)cc21)[C@@H](C(N)=O)c1ccccc1. The molecule has 2 atom stereocenters. The number of benzene rings is 2. The fourth-order valence-corrected chi connectivity index (χ4v) is 4.82. The first-order valence-corrected chi connectivity index (χ1v) is 10.3. The van der Waals surface area contributed by atoms with Gasteiger partial charge in [0.25, 0.3) is 5.91 Å². The van der Waals surface area contributed by atoms with Crippen LogP contribution in [0, 0.1) is 18.6 Å². The number of aromatic nitrogens is 1. The van der Waals surface area contributed by atoms with E-state index < -0.39 is 35.5 Å². The van der Waals surface area contributed by atoms with E-state index in [1.54, 1.807) is 42.8 Å². The van der Waals surface area contributed by atoms with Crippen molar-refractivity contribution in [1.82, 2.24) is 9.88 Å². The first-order chi connectivity index (χ1) is 14.4. The Morgan fingerprint density at radius 2 is 1.97 bits per heavy atom. The lowest BCUT2D eigenvalue weighted by Gasteiger charge is -2.35. The van der Waals surface area contributed by atoms with Crippen LogP contribution in [0.2, 0.25) is 0 Å². The van der Waals surface area contributed by atoms with Crippen molar-refractivity contribution in [1.29, 1.82) is 0 Å². The van der Waals surface area contributed by atoms with E-state index in [1.165, 1.54) is 11.0 Å². The van der Waals surface area contributed by atoms with Gasteiger partial charge in [-0.2, -0.15) is 0 Å². The summed E-state index contributed by atoms with van der Waals surface area (Å²) in [6.45, 7) is 1.70. The van der Waals surface area contributed by atoms with E-state index in [-0.39, 0.29) is 0 Å². The molecule has 1 aliphatic rings. The molecular weight excluding hydrogens is 408 g/mol. The molecule has 0 fully saturated rings. The topological polar surface area (TPSA) is 76.3 Å². The van der Waals surface area contributed by atoms with Gasteiger partial charge in [0.2, 0.25) is 5.91 Å². The molecule has 8 heteroatoms. The van der Waals surface area contributed by atoms with Gasteiger partial charge >= 0.3 is 0 Å². The molecule has 0 unspecified atom stereocenters. The van der Waals surface area contributed by atoms with E-state index in [0.717, 1.165) is 17.4 Å². The number of carbonyl (C=O) groups is 2. The number of halogens is 2. The Kier molecular flexibility index (Phi) is 5.34. The second kappa shape index (κ2) is 7.95. The third kappa shape index (κ3) is 3.47. The van der Waals surface area contributed by atoms with Crippen molar-refractivity contribution in [2.24, 2.45) is 5.73 Å². The lowest BCUT2D eigenvalue weighted by molar-refractivity contribution is -0.123. The highest BCUT2D eigenvalue weighted by molar-refractivity contribution is 7.11. The van der Waals surface area contributed by atoms with Crippen LogP contribution in [0.4, 0.5) is 8.78 Å². The summed E-state index contributed by atoms with van der Waals surface area (Å²) in [4.78, 5) is 32.0. The van der Waals surface area contributed by atoms with Crippen LogP contribution in [0.25, 0.3) is 0 Å². The number of hydrogen-bond acceptors (Lipinski definition) is 4. The molecule has 0 radical (unpaired) electrons. The second-order valence-corrected chi connectivity index (χ2v) is 8.06. The predicted octanol–water partition coefficient (Wildman–Crippen LogP) is 4.09. The monoisotopic (exact) mass is 427 g/mol. The number of aryl methyl sites for hydroxylation is 1. The Hall–Kier alpha value is -3.13. The van der Waals surface area contributed by atoms with Gasteiger partial charge in [0.1, 0.15) is 22.6 Å². The molecular formula is C22H19F2N3O2S. The third-order valence-corrected chi connectivity index (χ3v) is 6.31. The molecule has 4 rings (SSSR count). The molecule has 2 N–H and O–H groups in total. The molecule has 0 aliphatic heterocycles. The van der Waals surface area contributed by atoms with Crippen LogP contribution in [-0.2, 0) is 11.2 Å². The van der Waals surface area contributed by atoms with Crippen molar-refractivity contribution >= 4 is 23.2 Å². The minimum Gasteiger partial charge on any atom is -0.368 e. The highest BCUT2D eigenvalue weighted by Crippen LogP contribution is 2.42. The van der Waals surface area contributed by atoms with Crippen molar-refractivity contribution in [2.75, 3.05) is 0 Å². The maximum Gasteiger partial charge on any atom is 0.267 e. The number of thiazole rings is 1. The molecule has 154 valence electrons. The Morgan fingerprint density at radius 1 is 1.23 bits per heavy atom. The van der Waals surface area contributed by atoms with Gasteiger partial charge in [-0.3, -0.25) is 9.59 Å². The molecule has 1 aromatic heterocycles. The van der Waals surface area contributed by atoms with Crippen molar-refractivity contribution in [3.05, 3.63) is 86.9 Å². The van der Waals surface area contributed by atoms with Crippen molar-refractivity contribution in [3.8, 4) is 0 Å². The average molecular weight is 427 g/mol. The van der Waals surface area contributed by atoms with Gasteiger partial charge in [0.15, 0.2) is 0 Å². The zero-order valence-corrected chi connectivity index (χ0v) is 17.0. The Labute approximate surface area is 176 Å². The zero-order chi connectivity index (χ0) is 21.4. The van der Waals surface area contributed by atoms with E-state index in [2.05, 4.69) is 4.98 Å². The van der Waals surface area contributed by atoms with Crippen LogP contribution in [0.3, 0.4) is 0 Å². The number of nitrogens with zero attached hydrogens (tertiary/aromatic N) is 2. The fourth-order valence-electron chi connectivity index (χ4n) is 4.07. The van der Waals surface area contributed by atoms with Crippen LogP contribution in [-0.4, -0.2) is 21.7 Å². The summed E-state index contributed by atoms with van der Waals surface area (Å²) in [6.07, 6.45) is 0.688. The maximum atomic E-state index is 14.4. The van der Waals surface area contributed by atoms with E-state index in [9.17, 15) is 18.4 Å². The van der Waals surface area contributed by atoms with E-state index in [0.29, 0.717) is 40.1 Å². The van der Waals surface area contributed by atoms with Gasteiger partial charge in [-0.15, -0.1) is 11.3 Å². The van der Waals surface area contributed by atoms with Gasteiger partial charge in [-0.05, 0) is 42.5 Å². The number of rotatable bonds is 5. The molecule has 0 saturated heterocycles. The Bertz CT molecular complexity index is 1120. The quantitative estimate of drug-likeness (QED) is 0.666. The molecule has 5 nitrogen and oxygen atoms in total. The minimum atomic E-state index is -1.09. The normalized spacial score (nSPS) is 16.2. The summed E-state index contributed by atoms with van der Waals surface area (Å²) in [5.74, 6) is -2.54. The summed E-state index contributed by atoms with van der Waals surface area (Å²) < 4.78 is 28.4. The molecule has 3 aromatic rings. The van der Waals surface area contributed by atoms with Crippen molar-refractivity contribution in [2.45, 2.75) is 31.8 Å². The lowest BCUT2D eigenvalue weighted by atomic mass is 9.98. The largest absolute Gasteiger partial charge is 0.368 e. The highest BCUT2D eigenvalue weighted by Gasteiger charge is 2.41. The van der Waals surface area contributed by atoms with Crippen LogP contribution < -0.4 is 5.73 Å². The fraction of sp³-hybridized carbons (Fsp3) is 0.227. The molecule has 2 aromatic carbocycles. The Balaban J connectivity index is 1.89. The van der Waals surface area contributed by atoms with E-state index in [1.807, 2.05) is 0 Å². The smallest absolute Gasteiger partial charge is 0.267 e. The number of hydrogen-bond donors (Lipinski definition) is 1. The van der Waals surface area contributed by atoms with Gasteiger partial charge in [0.05, 0.1) is 17.2 Å². The second-order valence-electron chi connectivity index (χ2n) is 7.20. The summed E-state index contributed by atoms with van der Waals surface area (Å²) in [7, 11) is 0.